The third kappa shape index (κ3) is 4.22. The van der Waals surface area contributed by atoms with Crippen molar-refractivity contribution in [1.82, 2.24) is 4.90 Å². The van der Waals surface area contributed by atoms with Crippen LogP contribution in [-0.4, -0.2) is 51.2 Å². The molecule has 1 aliphatic rings. The molecule has 1 saturated heterocycles. The topological polar surface area (TPSA) is 57.7 Å². The van der Waals surface area contributed by atoms with Crippen molar-refractivity contribution in [3.05, 3.63) is 59.1 Å². The molecule has 9 heteroatoms. The first kappa shape index (κ1) is 19.6. The van der Waals surface area contributed by atoms with Crippen molar-refractivity contribution in [2.24, 2.45) is 0 Å². The Bertz CT molecular complexity index is 911. The fourth-order valence-electron chi connectivity index (χ4n) is 2.89. The Morgan fingerprint density at radius 3 is 2.00 bits per heavy atom. The van der Waals surface area contributed by atoms with E-state index in [1.165, 1.54) is 12.1 Å². The van der Waals surface area contributed by atoms with E-state index >= 15 is 0 Å². The summed E-state index contributed by atoms with van der Waals surface area (Å²) in [5.74, 6) is -3.74. The van der Waals surface area contributed by atoms with Crippen LogP contribution in [0.2, 0.25) is 5.02 Å². The number of anilines is 1. The average Bonchev–Trinajstić information content (AvgIpc) is 2.68. The van der Waals surface area contributed by atoms with Gasteiger partial charge in [0.05, 0.1) is 4.90 Å². The number of carbonyl (C=O) groups is 1. The van der Waals surface area contributed by atoms with Crippen LogP contribution in [0.1, 0.15) is 10.4 Å². The fraction of sp³-hybridized carbons (Fsp3) is 0.278. The molecule has 0 saturated carbocycles. The fourth-order valence-corrected chi connectivity index (χ4v) is 3.74. The molecule has 1 amide bonds. The van der Waals surface area contributed by atoms with Crippen molar-refractivity contribution < 1.29 is 22.0 Å². The van der Waals surface area contributed by atoms with Gasteiger partial charge in [-0.15, -0.1) is 0 Å². The molecule has 0 radical (unpaired) electrons. The van der Waals surface area contributed by atoms with Crippen LogP contribution in [0, 0.1) is 0 Å². The zero-order chi connectivity index (χ0) is 19.6. The van der Waals surface area contributed by atoms with Gasteiger partial charge in [0.15, 0.2) is 0 Å². The first-order valence-electron chi connectivity index (χ1n) is 8.21. The number of rotatable bonds is 4. The van der Waals surface area contributed by atoms with Crippen LogP contribution in [0.15, 0.2) is 53.4 Å². The monoisotopic (exact) mass is 414 g/mol. The third-order valence-electron chi connectivity index (χ3n) is 4.42. The molecule has 0 spiro atoms. The Kier molecular flexibility index (Phi) is 5.67. The quantitative estimate of drug-likeness (QED) is 0.770. The molecule has 1 aliphatic heterocycles. The minimum absolute atomic E-state index is 0.258. The maximum absolute atomic E-state index is 12.6. The molecule has 2 aromatic rings. The van der Waals surface area contributed by atoms with Gasteiger partial charge in [0.2, 0.25) is 9.84 Å². The molecule has 144 valence electrons. The van der Waals surface area contributed by atoms with E-state index < -0.39 is 20.5 Å². The van der Waals surface area contributed by atoms with Crippen molar-refractivity contribution in [3.63, 3.8) is 0 Å². The highest BCUT2D eigenvalue weighted by Gasteiger charge is 2.27. The van der Waals surface area contributed by atoms with E-state index in [4.69, 9.17) is 11.6 Å². The second-order valence-electron chi connectivity index (χ2n) is 6.09. The lowest BCUT2D eigenvalue weighted by molar-refractivity contribution is 0.0746. The molecule has 5 nitrogen and oxygen atoms in total. The molecule has 1 fully saturated rings. The molecule has 1 heterocycles. The molecule has 3 rings (SSSR count). The summed E-state index contributed by atoms with van der Waals surface area (Å²) in [6, 6.07) is 12.1. The van der Waals surface area contributed by atoms with E-state index in [1.54, 1.807) is 4.90 Å². The molecular formula is C18H17ClF2N2O3S. The van der Waals surface area contributed by atoms with E-state index in [-0.39, 0.29) is 11.5 Å². The molecule has 0 bridgehead atoms. The Morgan fingerprint density at radius 2 is 1.48 bits per heavy atom. The third-order valence-corrected chi connectivity index (χ3v) is 6.07. The van der Waals surface area contributed by atoms with Gasteiger partial charge in [-0.05, 0) is 48.5 Å². The Morgan fingerprint density at radius 1 is 0.926 bits per heavy atom. The number of hydrogen-bond acceptors (Lipinski definition) is 4. The first-order valence-corrected chi connectivity index (χ1v) is 10.1. The zero-order valence-electron chi connectivity index (χ0n) is 14.2. The van der Waals surface area contributed by atoms with Crippen molar-refractivity contribution in [2.45, 2.75) is 10.7 Å². The number of piperazine rings is 1. The molecule has 0 unspecified atom stereocenters. The normalized spacial score (nSPS) is 15.3. The van der Waals surface area contributed by atoms with Gasteiger partial charge < -0.3 is 9.80 Å². The van der Waals surface area contributed by atoms with Gasteiger partial charge in [-0.25, -0.2) is 8.42 Å². The number of nitrogens with zero attached hydrogens (tertiary/aromatic N) is 2. The zero-order valence-corrected chi connectivity index (χ0v) is 15.8. The van der Waals surface area contributed by atoms with Crippen LogP contribution in [0.4, 0.5) is 14.5 Å². The molecule has 0 atom stereocenters. The molecule has 0 aromatic heterocycles. The SMILES string of the molecule is O=C(c1ccc(S(=O)(=O)C(F)F)cc1)N1CCN(c2ccc(Cl)cc2)CC1. The van der Waals surface area contributed by atoms with Crippen LogP contribution >= 0.6 is 11.6 Å². The van der Waals surface area contributed by atoms with Gasteiger partial charge in [-0.2, -0.15) is 8.78 Å². The lowest BCUT2D eigenvalue weighted by Crippen LogP contribution is -2.48. The summed E-state index contributed by atoms with van der Waals surface area (Å²) in [4.78, 5) is 15.9. The highest BCUT2D eigenvalue weighted by Crippen LogP contribution is 2.21. The Balaban J connectivity index is 1.65. The van der Waals surface area contributed by atoms with Crippen LogP contribution in [0.5, 0.6) is 0 Å². The predicted octanol–water partition coefficient (Wildman–Crippen LogP) is 3.30. The number of amides is 1. The lowest BCUT2D eigenvalue weighted by atomic mass is 10.1. The van der Waals surface area contributed by atoms with Gasteiger partial charge in [0.25, 0.3) is 5.91 Å². The second-order valence-corrected chi connectivity index (χ2v) is 8.44. The van der Waals surface area contributed by atoms with Crippen molar-refractivity contribution in [2.75, 3.05) is 31.1 Å². The predicted molar refractivity (Wildman–Crippen MR) is 99.2 cm³/mol. The summed E-state index contributed by atoms with van der Waals surface area (Å²) < 4.78 is 48.0. The Hall–Kier alpha value is -2.19. The van der Waals surface area contributed by atoms with Gasteiger partial charge in [0.1, 0.15) is 0 Å². The average molecular weight is 415 g/mol. The number of halogens is 3. The molecule has 27 heavy (non-hydrogen) atoms. The second kappa shape index (κ2) is 7.82. The summed E-state index contributed by atoms with van der Waals surface area (Å²) in [7, 11) is -4.66. The minimum Gasteiger partial charge on any atom is -0.368 e. The van der Waals surface area contributed by atoms with Crippen LogP contribution in [-0.2, 0) is 9.84 Å². The van der Waals surface area contributed by atoms with Gasteiger partial charge >= 0.3 is 5.76 Å². The first-order chi connectivity index (χ1) is 12.8. The number of carbonyl (C=O) groups excluding carboxylic acids is 1. The number of benzene rings is 2. The largest absolute Gasteiger partial charge is 0.368 e. The highest BCUT2D eigenvalue weighted by atomic mass is 35.5. The smallest absolute Gasteiger partial charge is 0.341 e. The van der Waals surface area contributed by atoms with Crippen LogP contribution in [0.25, 0.3) is 0 Å². The van der Waals surface area contributed by atoms with Crippen LogP contribution in [0.3, 0.4) is 0 Å². The van der Waals surface area contributed by atoms with Gasteiger partial charge in [-0.3, -0.25) is 4.79 Å². The number of alkyl halides is 2. The Labute approximate surface area is 161 Å². The summed E-state index contributed by atoms with van der Waals surface area (Å²) in [5, 5.41) is 0.657. The number of sulfone groups is 1. The summed E-state index contributed by atoms with van der Waals surface area (Å²) >= 11 is 5.89. The van der Waals surface area contributed by atoms with Gasteiger partial charge in [0, 0.05) is 42.5 Å². The molecule has 0 N–H and O–H groups in total. The van der Waals surface area contributed by atoms with Crippen molar-refractivity contribution >= 4 is 33.0 Å². The van der Waals surface area contributed by atoms with Crippen molar-refractivity contribution in [1.29, 1.82) is 0 Å². The van der Waals surface area contributed by atoms with E-state index in [0.717, 1.165) is 17.8 Å². The minimum atomic E-state index is -4.66. The van der Waals surface area contributed by atoms with Gasteiger partial charge in [-0.1, -0.05) is 11.6 Å². The summed E-state index contributed by atoms with van der Waals surface area (Å²) in [5.41, 5.74) is 1.29. The maximum Gasteiger partial charge on any atom is 0.341 e. The van der Waals surface area contributed by atoms with E-state index in [2.05, 4.69) is 4.90 Å². The standard InChI is InChI=1S/C18H17ClF2N2O3S/c19-14-3-5-15(6-4-14)22-9-11-23(12-10-22)17(24)13-1-7-16(8-2-13)27(25,26)18(20)21/h1-8,18H,9-12H2. The summed E-state index contributed by atoms with van der Waals surface area (Å²) in [6.45, 7) is 2.29. The van der Waals surface area contributed by atoms with E-state index in [9.17, 15) is 22.0 Å². The maximum atomic E-state index is 12.6. The molecular weight excluding hydrogens is 398 g/mol. The highest BCUT2D eigenvalue weighted by molar-refractivity contribution is 7.91. The van der Waals surface area contributed by atoms with Crippen molar-refractivity contribution in [3.8, 4) is 0 Å². The van der Waals surface area contributed by atoms with Crippen LogP contribution < -0.4 is 4.90 Å². The van der Waals surface area contributed by atoms with E-state index in [0.29, 0.717) is 31.2 Å². The number of hydrogen-bond donors (Lipinski definition) is 0. The molecule has 2 aromatic carbocycles. The summed E-state index contributed by atoms with van der Waals surface area (Å²) in [6.07, 6.45) is 0. The molecule has 0 aliphatic carbocycles. The van der Waals surface area contributed by atoms with E-state index in [1.807, 2.05) is 24.3 Å². The lowest BCUT2D eigenvalue weighted by Gasteiger charge is -2.36.